The number of anilines is 2. The van der Waals surface area contributed by atoms with Crippen molar-refractivity contribution in [3.63, 3.8) is 0 Å². The molecule has 118 valence electrons. The van der Waals surface area contributed by atoms with Crippen molar-refractivity contribution in [2.24, 2.45) is 0 Å². The predicted molar refractivity (Wildman–Crippen MR) is 98.6 cm³/mol. The molecule has 0 amide bonds. The SMILES string of the molecule is Cc1cc(N(C)c2ccccc2C(C)(C)C)c(C)c(C)c1C. The molecule has 2 aromatic carbocycles. The van der Waals surface area contributed by atoms with Crippen molar-refractivity contribution in [2.75, 3.05) is 11.9 Å². The number of nitrogens with zero attached hydrogens (tertiary/aromatic N) is 1. The highest BCUT2D eigenvalue weighted by atomic mass is 15.1. The van der Waals surface area contributed by atoms with Gasteiger partial charge in [0.05, 0.1) is 0 Å². The number of benzene rings is 2. The first-order valence-electron chi connectivity index (χ1n) is 8.05. The summed E-state index contributed by atoms with van der Waals surface area (Å²) in [5.74, 6) is 0. The van der Waals surface area contributed by atoms with Crippen LogP contribution >= 0.6 is 0 Å². The van der Waals surface area contributed by atoms with Crippen molar-refractivity contribution in [1.29, 1.82) is 0 Å². The molecule has 0 spiro atoms. The zero-order valence-corrected chi connectivity index (χ0v) is 15.3. The molecule has 0 heterocycles. The summed E-state index contributed by atoms with van der Waals surface area (Å²) >= 11 is 0. The van der Waals surface area contributed by atoms with Gasteiger partial charge in [0.15, 0.2) is 0 Å². The normalized spacial score (nSPS) is 11.6. The summed E-state index contributed by atoms with van der Waals surface area (Å²) < 4.78 is 0. The summed E-state index contributed by atoms with van der Waals surface area (Å²) in [6.07, 6.45) is 0. The Morgan fingerprint density at radius 2 is 1.36 bits per heavy atom. The lowest BCUT2D eigenvalue weighted by atomic mass is 9.85. The monoisotopic (exact) mass is 295 g/mol. The van der Waals surface area contributed by atoms with Crippen LogP contribution in [0, 0.1) is 27.7 Å². The van der Waals surface area contributed by atoms with Gasteiger partial charge in [0, 0.05) is 18.4 Å². The van der Waals surface area contributed by atoms with Crippen LogP contribution in [0.2, 0.25) is 0 Å². The Balaban J connectivity index is 2.62. The minimum atomic E-state index is 0.132. The van der Waals surface area contributed by atoms with E-state index in [2.05, 4.69) is 90.7 Å². The highest BCUT2D eigenvalue weighted by Gasteiger charge is 2.21. The molecule has 0 unspecified atom stereocenters. The molecule has 1 nitrogen and oxygen atoms in total. The molecule has 2 aromatic rings. The molecule has 0 radical (unpaired) electrons. The first-order valence-corrected chi connectivity index (χ1v) is 8.05. The molecule has 0 aliphatic heterocycles. The van der Waals surface area contributed by atoms with Gasteiger partial charge in [0.25, 0.3) is 0 Å². The molecule has 0 atom stereocenters. The summed E-state index contributed by atoms with van der Waals surface area (Å²) in [7, 11) is 2.18. The summed E-state index contributed by atoms with van der Waals surface area (Å²) in [6.45, 7) is 15.7. The largest absolute Gasteiger partial charge is 0.344 e. The van der Waals surface area contributed by atoms with Gasteiger partial charge < -0.3 is 4.90 Å². The predicted octanol–water partition coefficient (Wildman–Crippen LogP) is 5.99. The van der Waals surface area contributed by atoms with Crippen molar-refractivity contribution in [3.05, 3.63) is 58.1 Å². The van der Waals surface area contributed by atoms with Crippen LogP contribution in [0.3, 0.4) is 0 Å². The third kappa shape index (κ3) is 2.90. The Kier molecular flexibility index (Phi) is 4.37. The van der Waals surface area contributed by atoms with E-state index in [-0.39, 0.29) is 5.41 Å². The Labute approximate surface area is 136 Å². The Hall–Kier alpha value is -1.76. The lowest BCUT2D eigenvalue weighted by Gasteiger charge is -2.30. The molecule has 1 heteroatoms. The van der Waals surface area contributed by atoms with Crippen molar-refractivity contribution in [3.8, 4) is 0 Å². The smallest absolute Gasteiger partial charge is 0.0446 e. The molecule has 0 N–H and O–H groups in total. The number of hydrogen-bond donors (Lipinski definition) is 0. The van der Waals surface area contributed by atoms with Gasteiger partial charge in [-0.1, -0.05) is 39.0 Å². The zero-order chi connectivity index (χ0) is 16.7. The number of rotatable bonds is 2. The Morgan fingerprint density at radius 1 is 0.773 bits per heavy atom. The van der Waals surface area contributed by atoms with Crippen LogP contribution in [0.15, 0.2) is 30.3 Å². The average Bonchev–Trinajstić information content (AvgIpc) is 2.47. The van der Waals surface area contributed by atoms with Gasteiger partial charge >= 0.3 is 0 Å². The summed E-state index contributed by atoms with van der Waals surface area (Å²) in [4.78, 5) is 2.34. The van der Waals surface area contributed by atoms with Gasteiger partial charge in [-0.2, -0.15) is 0 Å². The number of aryl methyl sites for hydroxylation is 1. The van der Waals surface area contributed by atoms with Gasteiger partial charge in [-0.15, -0.1) is 0 Å². The van der Waals surface area contributed by atoms with E-state index < -0.39 is 0 Å². The fourth-order valence-electron chi connectivity index (χ4n) is 3.07. The second-order valence-corrected chi connectivity index (χ2v) is 7.41. The lowest BCUT2D eigenvalue weighted by Crippen LogP contribution is -2.20. The van der Waals surface area contributed by atoms with Crippen LogP contribution in [0.25, 0.3) is 0 Å². The van der Waals surface area contributed by atoms with Crippen LogP contribution in [0.5, 0.6) is 0 Å². The molecule has 0 aliphatic carbocycles. The zero-order valence-electron chi connectivity index (χ0n) is 15.3. The summed E-state index contributed by atoms with van der Waals surface area (Å²) in [5.41, 5.74) is 9.64. The topological polar surface area (TPSA) is 3.24 Å². The minimum absolute atomic E-state index is 0.132. The first kappa shape index (κ1) is 16.6. The van der Waals surface area contributed by atoms with Crippen LogP contribution in [0.1, 0.15) is 48.6 Å². The first-order chi connectivity index (χ1) is 10.1. The lowest BCUT2D eigenvalue weighted by molar-refractivity contribution is 0.590. The minimum Gasteiger partial charge on any atom is -0.344 e. The average molecular weight is 295 g/mol. The molecule has 22 heavy (non-hydrogen) atoms. The molecule has 0 aliphatic rings. The maximum atomic E-state index is 2.34. The quantitative estimate of drug-likeness (QED) is 0.658. The molecule has 0 aromatic heterocycles. The van der Waals surface area contributed by atoms with E-state index in [9.17, 15) is 0 Å². The fraction of sp³-hybridized carbons (Fsp3) is 0.429. The highest BCUT2D eigenvalue weighted by Crippen LogP contribution is 2.37. The number of para-hydroxylation sites is 1. The third-order valence-electron chi connectivity index (χ3n) is 4.89. The van der Waals surface area contributed by atoms with E-state index in [1.54, 1.807) is 0 Å². The van der Waals surface area contributed by atoms with E-state index in [4.69, 9.17) is 0 Å². The van der Waals surface area contributed by atoms with Crippen LogP contribution < -0.4 is 4.90 Å². The molecule has 0 fully saturated rings. The van der Waals surface area contributed by atoms with E-state index in [1.165, 1.54) is 39.2 Å². The van der Waals surface area contributed by atoms with Gasteiger partial charge in [0.1, 0.15) is 0 Å². The molecular formula is C21H29N. The van der Waals surface area contributed by atoms with E-state index >= 15 is 0 Å². The molecule has 0 saturated carbocycles. The van der Waals surface area contributed by atoms with Crippen LogP contribution in [-0.4, -0.2) is 7.05 Å². The van der Waals surface area contributed by atoms with Crippen LogP contribution in [-0.2, 0) is 5.41 Å². The Morgan fingerprint density at radius 3 is 1.95 bits per heavy atom. The maximum Gasteiger partial charge on any atom is 0.0446 e. The van der Waals surface area contributed by atoms with Gasteiger partial charge in [-0.25, -0.2) is 0 Å². The molecule has 0 bridgehead atoms. The second-order valence-electron chi connectivity index (χ2n) is 7.41. The Bertz CT molecular complexity index is 690. The summed E-state index contributed by atoms with van der Waals surface area (Å²) in [6, 6.07) is 11.1. The van der Waals surface area contributed by atoms with E-state index in [0.29, 0.717) is 0 Å². The second kappa shape index (κ2) is 5.79. The molecule has 2 rings (SSSR count). The standard InChI is InChI=1S/C21H29N/c1-14-13-20(17(4)16(3)15(14)2)22(8)19-12-10-9-11-18(19)21(5,6)7/h9-13H,1-8H3. The van der Waals surface area contributed by atoms with Gasteiger partial charge in [0.2, 0.25) is 0 Å². The van der Waals surface area contributed by atoms with Gasteiger partial charge in [-0.3, -0.25) is 0 Å². The number of hydrogen-bond acceptors (Lipinski definition) is 1. The third-order valence-corrected chi connectivity index (χ3v) is 4.89. The van der Waals surface area contributed by atoms with E-state index in [0.717, 1.165) is 0 Å². The van der Waals surface area contributed by atoms with Gasteiger partial charge in [-0.05, 0) is 73.1 Å². The molecular weight excluding hydrogens is 266 g/mol. The maximum absolute atomic E-state index is 2.34. The molecule has 0 saturated heterocycles. The van der Waals surface area contributed by atoms with Crippen LogP contribution in [0.4, 0.5) is 11.4 Å². The van der Waals surface area contributed by atoms with E-state index in [1.807, 2.05) is 0 Å². The van der Waals surface area contributed by atoms with Crippen molar-refractivity contribution < 1.29 is 0 Å². The fourth-order valence-corrected chi connectivity index (χ4v) is 3.07. The van der Waals surface area contributed by atoms with Crippen molar-refractivity contribution in [1.82, 2.24) is 0 Å². The highest BCUT2D eigenvalue weighted by molar-refractivity contribution is 5.71. The summed E-state index contributed by atoms with van der Waals surface area (Å²) in [5, 5.41) is 0. The van der Waals surface area contributed by atoms with Crippen molar-refractivity contribution >= 4 is 11.4 Å². The van der Waals surface area contributed by atoms with Crippen molar-refractivity contribution in [2.45, 2.75) is 53.9 Å².